The van der Waals surface area contributed by atoms with Crippen LogP contribution in [-0.2, 0) is 0 Å². The largest absolute Gasteiger partial charge is 0.508 e. The number of anilines is 1. The van der Waals surface area contributed by atoms with Crippen molar-refractivity contribution < 1.29 is 24.4 Å². The molecule has 3 aromatic carbocycles. The van der Waals surface area contributed by atoms with Gasteiger partial charge >= 0.3 is 6.01 Å². The minimum absolute atomic E-state index is 0.0703. The second-order valence-electron chi connectivity index (χ2n) is 12.3. The van der Waals surface area contributed by atoms with E-state index in [0.717, 1.165) is 43.0 Å². The van der Waals surface area contributed by atoms with Crippen molar-refractivity contribution in [3.63, 3.8) is 0 Å². The minimum Gasteiger partial charge on any atom is -0.508 e. The number of hydrogen-bond acceptors (Lipinski definition) is 9. The molecule has 1 unspecified atom stereocenters. The molecule has 226 valence electrons. The Morgan fingerprint density at radius 1 is 1.00 bits per heavy atom. The van der Waals surface area contributed by atoms with Gasteiger partial charge in [-0.15, -0.1) is 0 Å². The molecule has 3 N–H and O–H groups in total. The van der Waals surface area contributed by atoms with E-state index in [-0.39, 0.29) is 42.0 Å². The van der Waals surface area contributed by atoms with Gasteiger partial charge in [0.1, 0.15) is 23.7 Å². The Hall–Kier alpha value is -3.57. The summed E-state index contributed by atoms with van der Waals surface area (Å²) >= 11 is 0. The van der Waals surface area contributed by atoms with Gasteiger partial charge in [0.2, 0.25) is 0 Å². The van der Waals surface area contributed by atoms with E-state index in [4.69, 9.17) is 9.72 Å². The number of likely N-dealkylation sites (tertiary alicyclic amines) is 1. The minimum atomic E-state index is -0.774. The number of benzene rings is 3. The second kappa shape index (κ2) is 11.5. The number of piperazine rings is 1. The van der Waals surface area contributed by atoms with Gasteiger partial charge in [-0.1, -0.05) is 30.3 Å². The number of fused-ring (bicyclic) bond motifs is 4. The number of phenols is 1. The second-order valence-corrected chi connectivity index (χ2v) is 12.3. The monoisotopic (exact) mass is 587 g/mol. The van der Waals surface area contributed by atoms with Crippen LogP contribution >= 0.6 is 0 Å². The lowest BCUT2D eigenvalue weighted by Gasteiger charge is -2.42. The standard InChI is InChI=1S/C33H38FN5O4/c1-37-12-4-6-23(37)19-43-33-35-31-28(32(36-33)38-15-21-8-9-22(16-38)39(21)17-25(42)18-40)11-10-27(30(31)34)29-14-24(41)13-20-5-2-3-7-26(20)29/h2-3,5,7,10-11,13-14,21-23,25,40-42H,4,6,8-9,12,15-19H2,1H3/t21-,22+,23-,25?/m0/s1. The van der Waals surface area contributed by atoms with Crippen LogP contribution in [0.4, 0.5) is 10.2 Å². The molecule has 3 saturated heterocycles. The molecule has 10 heteroatoms. The molecule has 1 aromatic heterocycles. The molecule has 0 radical (unpaired) electrons. The Kier molecular flexibility index (Phi) is 7.54. The van der Waals surface area contributed by atoms with Crippen molar-refractivity contribution in [2.24, 2.45) is 0 Å². The highest BCUT2D eigenvalue weighted by molar-refractivity contribution is 6.01. The fourth-order valence-electron chi connectivity index (χ4n) is 7.28. The number of aromatic nitrogens is 2. The average Bonchev–Trinajstić information content (AvgIpc) is 3.51. The third-order valence-electron chi connectivity index (χ3n) is 9.54. The van der Waals surface area contributed by atoms with Crippen molar-refractivity contribution in [2.45, 2.75) is 49.9 Å². The van der Waals surface area contributed by atoms with Gasteiger partial charge in [0.05, 0.1) is 12.7 Å². The third kappa shape index (κ3) is 5.26. The van der Waals surface area contributed by atoms with Crippen LogP contribution in [0.3, 0.4) is 0 Å². The topological polar surface area (TPSA) is 105 Å². The number of aliphatic hydroxyl groups excluding tert-OH is 2. The first-order chi connectivity index (χ1) is 20.9. The zero-order chi connectivity index (χ0) is 29.7. The summed E-state index contributed by atoms with van der Waals surface area (Å²) in [6.45, 7) is 2.97. The van der Waals surface area contributed by atoms with Crippen molar-refractivity contribution in [1.29, 1.82) is 0 Å². The number of halogens is 1. The molecule has 0 spiro atoms. The Morgan fingerprint density at radius 2 is 1.79 bits per heavy atom. The Balaban J connectivity index is 1.30. The molecule has 7 rings (SSSR count). The molecule has 0 aliphatic carbocycles. The van der Waals surface area contributed by atoms with Crippen LogP contribution in [0.15, 0.2) is 48.5 Å². The maximum Gasteiger partial charge on any atom is 0.319 e. The summed E-state index contributed by atoms with van der Waals surface area (Å²) in [5, 5.41) is 32.3. The fourth-order valence-corrected chi connectivity index (χ4v) is 7.28. The molecule has 3 aliphatic heterocycles. The number of aromatic hydroxyl groups is 1. The van der Waals surface area contributed by atoms with E-state index in [1.54, 1.807) is 18.2 Å². The van der Waals surface area contributed by atoms with Gasteiger partial charge in [0, 0.05) is 48.7 Å². The normalized spacial score (nSPS) is 23.4. The first kappa shape index (κ1) is 28.2. The van der Waals surface area contributed by atoms with Gasteiger partial charge in [0.25, 0.3) is 0 Å². The molecule has 4 heterocycles. The van der Waals surface area contributed by atoms with Crippen molar-refractivity contribution >= 4 is 27.5 Å². The predicted octanol–water partition coefficient (Wildman–Crippen LogP) is 3.77. The molecule has 3 fully saturated rings. The highest BCUT2D eigenvalue weighted by Crippen LogP contribution is 2.40. The van der Waals surface area contributed by atoms with Gasteiger partial charge in [0.15, 0.2) is 5.82 Å². The quantitative estimate of drug-likeness (QED) is 0.284. The smallest absolute Gasteiger partial charge is 0.319 e. The highest BCUT2D eigenvalue weighted by atomic mass is 19.1. The number of phenolic OH excluding ortho intramolecular Hbond substituents is 1. The zero-order valence-corrected chi connectivity index (χ0v) is 24.4. The van der Waals surface area contributed by atoms with E-state index >= 15 is 4.39 Å². The fraction of sp³-hybridized carbons (Fsp3) is 0.455. The number of aliphatic hydroxyl groups is 2. The molecule has 2 bridgehead atoms. The molecule has 4 atom stereocenters. The molecule has 0 amide bonds. The van der Waals surface area contributed by atoms with Crippen molar-refractivity contribution in [1.82, 2.24) is 19.8 Å². The molecule has 3 aliphatic rings. The Labute approximate surface area is 250 Å². The van der Waals surface area contributed by atoms with E-state index in [2.05, 4.69) is 26.7 Å². The summed E-state index contributed by atoms with van der Waals surface area (Å²) in [4.78, 5) is 16.3. The summed E-state index contributed by atoms with van der Waals surface area (Å²) in [6, 6.07) is 15.3. The summed E-state index contributed by atoms with van der Waals surface area (Å²) < 4.78 is 22.8. The van der Waals surface area contributed by atoms with E-state index in [1.165, 1.54) is 0 Å². The van der Waals surface area contributed by atoms with E-state index in [1.807, 2.05) is 30.3 Å². The molecule has 4 aromatic rings. The van der Waals surface area contributed by atoms with Crippen LogP contribution < -0.4 is 9.64 Å². The lowest BCUT2D eigenvalue weighted by atomic mass is 9.96. The SMILES string of the molecule is CN1CCC[C@H]1COc1nc(N2C[C@H]3CC[C@@H](C2)N3CC(O)CO)c2ccc(-c3cc(O)cc4ccccc34)c(F)c2n1. The molecule has 9 nitrogen and oxygen atoms in total. The first-order valence-corrected chi connectivity index (χ1v) is 15.2. The van der Waals surface area contributed by atoms with Gasteiger partial charge in [-0.3, -0.25) is 4.90 Å². The van der Waals surface area contributed by atoms with Gasteiger partial charge in [-0.2, -0.15) is 9.97 Å². The number of rotatable bonds is 8. The summed E-state index contributed by atoms with van der Waals surface area (Å²) in [6.07, 6.45) is 3.35. The van der Waals surface area contributed by atoms with Crippen molar-refractivity contribution in [3.8, 4) is 22.9 Å². The van der Waals surface area contributed by atoms with Crippen molar-refractivity contribution in [3.05, 3.63) is 54.3 Å². The van der Waals surface area contributed by atoms with E-state index < -0.39 is 11.9 Å². The summed E-state index contributed by atoms with van der Waals surface area (Å²) in [5.74, 6) is 0.235. The zero-order valence-electron chi connectivity index (χ0n) is 24.4. The van der Waals surface area contributed by atoms with Crippen LogP contribution in [0.2, 0.25) is 0 Å². The van der Waals surface area contributed by atoms with E-state index in [0.29, 0.717) is 48.6 Å². The average molecular weight is 588 g/mol. The maximum absolute atomic E-state index is 16.6. The number of likely N-dealkylation sites (N-methyl/N-ethyl adjacent to an activating group) is 1. The highest BCUT2D eigenvalue weighted by Gasteiger charge is 2.41. The lowest BCUT2D eigenvalue weighted by Crippen LogP contribution is -2.56. The summed E-state index contributed by atoms with van der Waals surface area (Å²) in [7, 11) is 2.09. The third-order valence-corrected chi connectivity index (χ3v) is 9.54. The predicted molar refractivity (Wildman–Crippen MR) is 164 cm³/mol. The molecule has 43 heavy (non-hydrogen) atoms. The molecular formula is C33H38FN5O4. The van der Waals surface area contributed by atoms with Crippen LogP contribution in [-0.4, -0.2) is 106 Å². The van der Waals surface area contributed by atoms with Crippen LogP contribution in [0.5, 0.6) is 11.8 Å². The Bertz CT molecular complexity index is 1640. The number of hydrogen-bond donors (Lipinski definition) is 3. The van der Waals surface area contributed by atoms with Gasteiger partial charge in [-0.05, 0) is 73.8 Å². The number of ether oxygens (including phenoxy) is 1. The lowest BCUT2D eigenvalue weighted by molar-refractivity contribution is 0.0375. The van der Waals surface area contributed by atoms with Gasteiger partial charge < -0.3 is 29.9 Å². The van der Waals surface area contributed by atoms with E-state index in [9.17, 15) is 15.3 Å². The maximum atomic E-state index is 16.6. The van der Waals surface area contributed by atoms with Crippen LogP contribution in [0, 0.1) is 5.82 Å². The number of nitrogens with zero attached hydrogens (tertiary/aromatic N) is 5. The molecular weight excluding hydrogens is 549 g/mol. The van der Waals surface area contributed by atoms with Crippen LogP contribution in [0.1, 0.15) is 25.7 Å². The van der Waals surface area contributed by atoms with Crippen LogP contribution in [0.25, 0.3) is 32.8 Å². The summed E-state index contributed by atoms with van der Waals surface area (Å²) in [5.41, 5.74) is 1.14. The first-order valence-electron chi connectivity index (χ1n) is 15.2. The Morgan fingerprint density at radius 3 is 2.53 bits per heavy atom. The van der Waals surface area contributed by atoms with Crippen molar-refractivity contribution in [2.75, 3.05) is 51.3 Å². The van der Waals surface area contributed by atoms with Gasteiger partial charge in [-0.25, -0.2) is 4.39 Å². The molecule has 0 saturated carbocycles.